The van der Waals surface area contributed by atoms with Crippen LogP contribution in [0.15, 0.2) is 46.9 Å². The lowest BCUT2D eigenvalue weighted by Gasteiger charge is -2.10. The zero-order valence-corrected chi connectivity index (χ0v) is 14.1. The first kappa shape index (κ1) is 16.5. The first-order valence-corrected chi connectivity index (χ1v) is 7.69. The van der Waals surface area contributed by atoms with E-state index in [9.17, 15) is 4.79 Å². The molecule has 1 amide bonds. The predicted molar refractivity (Wildman–Crippen MR) is 90.6 cm³/mol. The number of carbonyl (C=O) groups excluding carboxylic acids is 1. The van der Waals surface area contributed by atoms with E-state index in [-0.39, 0.29) is 5.91 Å². The second-order valence-corrected chi connectivity index (χ2v) is 5.66. The predicted octanol–water partition coefficient (Wildman–Crippen LogP) is 4.04. The Balaban J connectivity index is 2.03. The van der Waals surface area contributed by atoms with Crippen LogP contribution >= 0.6 is 15.9 Å². The van der Waals surface area contributed by atoms with Crippen molar-refractivity contribution in [1.29, 1.82) is 0 Å². The normalized spacial score (nSPS) is 10.3. The van der Waals surface area contributed by atoms with Gasteiger partial charge in [-0.25, -0.2) is 0 Å². The van der Waals surface area contributed by atoms with Gasteiger partial charge in [0.2, 0.25) is 0 Å². The molecule has 0 atom stereocenters. The summed E-state index contributed by atoms with van der Waals surface area (Å²) in [4.78, 5) is 12.2. The molecule has 2 rings (SSSR count). The smallest absolute Gasteiger partial charge is 0.255 e. The molecule has 116 valence electrons. The number of anilines is 1. The lowest BCUT2D eigenvalue weighted by atomic mass is 10.2. The van der Waals surface area contributed by atoms with E-state index in [0.717, 1.165) is 15.7 Å². The van der Waals surface area contributed by atoms with Crippen molar-refractivity contribution in [1.82, 2.24) is 0 Å². The first-order chi connectivity index (χ1) is 10.6. The molecular weight excluding hydrogens is 346 g/mol. The molecule has 0 bridgehead atoms. The van der Waals surface area contributed by atoms with Gasteiger partial charge >= 0.3 is 0 Å². The Morgan fingerprint density at radius 1 is 1.14 bits per heavy atom. The summed E-state index contributed by atoms with van der Waals surface area (Å²) in [6.45, 7) is 2.98. The van der Waals surface area contributed by atoms with E-state index in [1.165, 1.54) is 0 Å². The molecule has 0 aliphatic rings. The topological polar surface area (TPSA) is 47.6 Å². The molecule has 0 saturated carbocycles. The zero-order valence-electron chi connectivity index (χ0n) is 12.6. The number of rotatable bonds is 6. The Hall–Kier alpha value is -1.85. The summed E-state index contributed by atoms with van der Waals surface area (Å²) in [5.74, 6) is 0.525. The zero-order chi connectivity index (χ0) is 15.9. The van der Waals surface area contributed by atoms with Gasteiger partial charge in [0.1, 0.15) is 12.4 Å². The number of aryl methyl sites for hydroxylation is 1. The van der Waals surface area contributed by atoms with Crippen LogP contribution in [0.3, 0.4) is 0 Å². The Morgan fingerprint density at radius 3 is 2.50 bits per heavy atom. The maximum absolute atomic E-state index is 12.2. The third-order valence-electron chi connectivity index (χ3n) is 3.05. The maximum atomic E-state index is 12.2. The highest BCUT2D eigenvalue weighted by atomic mass is 79.9. The Labute approximate surface area is 138 Å². The monoisotopic (exact) mass is 363 g/mol. The molecule has 0 spiro atoms. The fourth-order valence-corrected chi connectivity index (χ4v) is 2.33. The number of carbonyl (C=O) groups is 1. The average Bonchev–Trinajstić information content (AvgIpc) is 2.51. The fourth-order valence-electron chi connectivity index (χ4n) is 1.83. The average molecular weight is 364 g/mol. The van der Waals surface area contributed by atoms with Crippen LogP contribution in [-0.4, -0.2) is 26.2 Å². The number of nitrogens with one attached hydrogen (secondary N) is 1. The Morgan fingerprint density at radius 2 is 1.86 bits per heavy atom. The molecule has 1 N–H and O–H groups in total. The van der Waals surface area contributed by atoms with Gasteiger partial charge < -0.3 is 14.8 Å². The van der Waals surface area contributed by atoms with Crippen LogP contribution in [0.4, 0.5) is 5.69 Å². The summed E-state index contributed by atoms with van der Waals surface area (Å²) in [7, 11) is 1.62. The minimum atomic E-state index is -0.159. The molecule has 5 heteroatoms. The van der Waals surface area contributed by atoms with Crippen LogP contribution in [0.1, 0.15) is 15.9 Å². The summed E-state index contributed by atoms with van der Waals surface area (Å²) in [5.41, 5.74) is 2.48. The third kappa shape index (κ3) is 4.58. The summed E-state index contributed by atoms with van der Waals surface area (Å²) in [5, 5.41) is 2.86. The van der Waals surface area contributed by atoms with Crippen molar-refractivity contribution in [2.24, 2.45) is 0 Å². The molecule has 0 unspecified atom stereocenters. The minimum absolute atomic E-state index is 0.159. The molecule has 0 aromatic heterocycles. The van der Waals surface area contributed by atoms with Crippen molar-refractivity contribution in [3.8, 4) is 5.75 Å². The molecule has 2 aromatic rings. The largest absolute Gasteiger partial charge is 0.490 e. The highest BCUT2D eigenvalue weighted by Crippen LogP contribution is 2.26. The van der Waals surface area contributed by atoms with Gasteiger partial charge in [0.15, 0.2) is 0 Å². The van der Waals surface area contributed by atoms with E-state index in [1.807, 2.05) is 31.2 Å². The summed E-state index contributed by atoms with van der Waals surface area (Å²) >= 11 is 3.42. The number of amides is 1. The molecule has 0 aliphatic heterocycles. The lowest BCUT2D eigenvalue weighted by Crippen LogP contribution is -2.12. The molecule has 0 radical (unpaired) electrons. The van der Waals surface area contributed by atoms with Crippen molar-refractivity contribution in [3.05, 3.63) is 58.1 Å². The Kier molecular flexibility index (Phi) is 5.98. The third-order valence-corrected chi connectivity index (χ3v) is 3.67. The van der Waals surface area contributed by atoms with Gasteiger partial charge in [0, 0.05) is 18.4 Å². The maximum Gasteiger partial charge on any atom is 0.255 e. The van der Waals surface area contributed by atoms with Gasteiger partial charge in [0.05, 0.1) is 11.1 Å². The van der Waals surface area contributed by atoms with Crippen LogP contribution in [-0.2, 0) is 4.74 Å². The Bertz CT molecular complexity index is 641. The fraction of sp³-hybridized carbons (Fsp3) is 0.235. The minimum Gasteiger partial charge on any atom is -0.490 e. The van der Waals surface area contributed by atoms with Crippen LogP contribution in [0.25, 0.3) is 0 Å². The summed E-state index contributed by atoms with van der Waals surface area (Å²) in [6.07, 6.45) is 0. The van der Waals surface area contributed by atoms with Gasteiger partial charge in [0.25, 0.3) is 5.91 Å². The molecule has 2 aromatic carbocycles. The standard InChI is InChI=1S/C17H18BrNO3/c1-12-3-6-14(7-4-12)19-17(20)13-5-8-16(15(18)11-13)22-10-9-21-2/h3-8,11H,9-10H2,1-2H3,(H,19,20). The second-order valence-electron chi connectivity index (χ2n) is 4.81. The van der Waals surface area contributed by atoms with Crippen LogP contribution in [0.5, 0.6) is 5.75 Å². The van der Waals surface area contributed by atoms with Gasteiger partial charge in [-0.15, -0.1) is 0 Å². The number of hydrogen-bond acceptors (Lipinski definition) is 3. The van der Waals surface area contributed by atoms with E-state index in [1.54, 1.807) is 25.3 Å². The molecule has 4 nitrogen and oxygen atoms in total. The van der Waals surface area contributed by atoms with Crippen molar-refractivity contribution in [3.63, 3.8) is 0 Å². The van der Waals surface area contributed by atoms with Crippen molar-refractivity contribution in [2.75, 3.05) is 25.6 Å². The highest BCUT2D eigenvalue weighted by molar-refractivity contribution is 9.10. The highest BCUT2D eigenvalue weighted by Gasteiger charge is 2.09. The van der Waals surface area contributed by atoms with Crippen molar-refractivity contribution >= 4 is 27.5 Å². The molecule has 0 heterocycles. The lowest BCUT2D eigenvalue weighted by molar-refractivity contribution is 0.102. The summed E-state index contributed by atoms with van der Waals surface area (Å²) < 4.78 is 11.2. The van der Waals surface area contributed by atoms with Gasteiger partial charge in [-0.2, -0.15) is 0 Å². The van der Waals surface area contributed by atoms with E-state index < -0.39 is 0 Å². The van der Waals surface area contributed by atoms with Crippen molar-refractivity contribution < 1.29 is 14.3 Å². The van der Waals surface area contributed by atoms with Gasteiger partial charge in [-0.3, -0.25) is 4.79 Å². The first-order valence-electron chi connectivity index (χ1n) is 6.89. The van der Waals surface area contributed by atoms with E-state index in [2.05, 4.69) is 21.2 Å². The van der Waals surface area contributed by atoms with E-state index in [4.69, 9.17) is 9.47 Å². The van der Waals surface area contributed by atoms with Crippen LogP contribution in [0.2, 0.25) is 0 Å². The van der Waals surface area contributed by atoms with Crippen LogP contribution < -0.4 is 10.1 Å². The molecule has 0 aliphatic carbocycles. The molecule has 22 heavy (non-hydrogen) atoms. The molecule has 0 fully saturated rings. The quantitative estimate of drug-likeness (QED) is 0.788. The van der Waals surface area contributed by atoms with Gasteiger partial charge in [-0.1, -0.05) is 17.7 Å². The van der Waals surface area contributed by atoms with E-state index >= 15 is 0 Å². The summed E-state index contributed by atoms with van der Waals surface area (Å²) in [6, 6.07) is 12.9. The van der Waals surface area contributed by atoms with Crippen molar-refractivity contribution in [2.45, 2.75) is 6.92 Å². The SMILES string of the molecule is COCCOc1ccc(C(=O)Nc2ccc(C)cc2)cc1Br. The number of hydrogen-bond donors (Lipinski definition) is 1. The number of benzene rings is 2. The number of methoxy groups -OCH3 is 1. The number of halogens is 1. The van der Waals surface area contributed by atoms with Gasteiger partial charge in [-0.05, 0) is 53.2 Å². The molecule has 0 saturated heterocycles. The second kappa shape index (κ2) is 7.96. The van der Waals surface area contributed by atoms with Crippen LogP contribution in [0, 0.1) is 6.92 Å². The molecular formula is C17H18BrNO3. The van der Waals surface area contributed by atoms with E-state index in [0.29, 0.717) is 24.5 Å². The number of ether oxygens (including phenoxy) is 2.